The summed E-state index contributed by atoms with van der Waals surface area (Å²) in [5.74, 6) is -1.20. The van der Waals surface area contributed by atoms with Gasteiger partial charge in [0, 0.05) is 12.3 Å². The number of aromatic nitrogens is 1. The predicted molar refractivity (Wildman–Crippen MR) is 90.2 cm³/mol. The van der Waals surface area contributed by atoms with Gasteiger partial charge < -0.3 is 0 Å². The maximum atomic E-state index is 12.0. The lowest BCUT2D eigenvalue weighted by molar-refractivity contribution is -0.114. The highest BCUT2D eigenvalue weighted by atomic mass is 35.5. The van der Waals surface area contributed by atoms with Crippen molar-refractivity contribution in [2.75, 3.05) is 0 Å². The van der Waals surface area contributed by atoms with Gasteiger partial charge in [-0.2, -0.15) is 5.26 Å². The van der Waals surface area contributed by atoms with Crippen LogP contribution >= 0.6 is 11.6 Å². The van der Waals surface area contributed by atoms with Crippen LogP contribution in [0.15, 0.2) is 48.7 Å². The van der Waals surface area contributed by atoms with Crippen LogP contribution in [0.5, 0.6) is 0 Å². The van der Waals surface area contributed by atoms with Crippen LogP contribution in [0.2, 0.25) is 5.15 Å². The number of nitrogens with zero attached hydrogens (tertiary/aromatic N) is 2. The molecular formula is C16H12ClN3O3S. The number of carbonyl (C=O) groups excluding carboxylic acids is 1. The summed E-state index contributed by atoms with van der Waals surface area (Å²) in [6.07, 6.45) is 3.77. The summed E-state index contributed by atoms with van der Waals surface area (Å²) in [5.41, 5.74) is 1.31. The molecule has 6 nitrogen and oxygen atoms in total. The van der Waals surface area contributed by atoms with Gasteiger partial charge >= 0.3 is 0 Å². The summed E-state index contributed by atoms with van der Waals surface area (Å²) >= 11 is 5.63. The van der Waals surface area contributed by atoms with Crippen LogP contribution in [0.3, 0.4) is 0 Å². The summed E-state index contributed by atoms with van der Waals surface area (Å²) in [4.78, 5) is 15.6. The van der Waals surface area contributed by atoms with Crippen LogP contribution in [-0.2, 0) is 20.6 Å². The third kappa shape index (κ3) is 5.19. The van der Waals surface area contributed by atoms with Gasteiger partial charge in [0.15, 0.2) is 0 Å². The Morgan fingerprint density at radius 2 is 2.04 bits per heavy atom. The molecule has 1 heterocycles. The Morgan fingerprint density at radius 3 is 2.71 bits per heavy atom. The summed E-state index contributed by atoms with van der Waals surface area (Å²) in [6, 6.07) is 11.6. The molecule has 0 aliphatic heterocycles. The second-order valence-electron chi connectivity index (χ2n) is 4.75. The fraction of sp³-hybridized carbons (Fsp3) is 0.0625. The van der Waals surface area contributed by atoms with E-state index in [1.807, 2.05) is 10.8 Å². The first-order chi connectivity index (χ1) is 11.4. The Kier molecular flexibility index (Phi) is 5.68. The highest BCUT2D eigenvalue weighted by Crippen LogP contribution is 2.10. The first-order valence-corrected chi connectivity index (χ1v) is 8.75. The van der Waals surface area contributed by atoms with Gasteiger partial charge in [-0.15, -0.1) is 0 Å². The number of pyridine rings is 1. The molecule has 0 aliphatic carbocycles. The molecule has 1 aromatic heterocycles. The van der Waals surface area contributed by atoms with Gasteiger partial charge in [0.25, 0.3) is 5.91 Å². The van der Waals surface area contributed by atoms with Crippen LogP contribution in [0, 0.1) is 11.3 Å². The topological polar surface area (TPSA) is 99.9 Å². The van der Waals surface area contributed by atoms with Gasteiger partial charge in [-0.3, -0.25) is 4.79 Å². The lowest BCUT2D eigenvalue weighted by atomic mass is 10.1. The van der Waals surface area contributed by atoms with E-state index < -0.39 is 21.7 Å². The van der Waals surface area contributed by atoms with Crippen LogP contribution < -0.4 is 4.72 Å². The largest absolute Gasteiger partial charge is 0.269 e. The monoisotopic (exact) mass is 361 g/mol. The number of hydrogen-bond donors (Lipinski definition) is 1. The SMILES string of the molecule is N#Cc1ccccc1/C=C/C(=O)NS(=O)(=O)Cc1ccc(Cl)nc1. The number of nitrogens with one attached hydrogen (secondary N) is 1. The smallest absolute Gasteiger partial charge is 0.257 e. The Hall–Kier alpha value is -2.69. The van der Waals surface area contributed by atoms with E-state index in [0.717, 1.165) is 6.08 Å². The maximum absolute atomic E-state index is 12.0. The van der Waals surface area contributed by atoms with E-state index in [0.29, 0.717) is 16.7 Å². The van der Waals surface area contributed by atoms with Crippen molar-refractivity contribution in [3.8, 4) is 6.07 Å². The van der Waals surface area contributed by atoms with Crippen LogP contribution in [-0.4, -0.2) is 19.3 Å². The standard InChI is InChI=1S/C16H12ClN3O3S/c17-15-7-5-12(10-19-15)11-24(22,23)20-16(21)8-6-13-3-1-2-4-14(13)9-18/h1-8,10H,11H2,(H,20,21)/b8-6+. The van der Waals surface area contributed by atoms with Gasteiger partial charge in [-0.1, -0.05) is 35.9 Å². The molecule has 24 heavy (non-hydrogen) atoms. The number of nitriles is 1. The van der Waals surface area contributed by atoms with E-state index >= 15 is 0 Å². The van der Waals surface area contributed by atoms with Crippen LogP contribution in [0.1, 0.15) is 16.7 Å². The summed E-state index contributed by atoms with van der Waals surface area (Å²) in [6.45, 7) is 0. The summed E-state index contributed by atoms with van der Waals surface area (Å²) in [5, 5.41) is 9.21. The normalized spacial score (nSPS) is 11.2. The highest BCUT2D eigenvalue weighted by Gasteiger charge is 2.14. The molecule has 0 bridgehead atoms. The number of carbonyl (C=O) groups is 1. The van der Waals surface area contributed by atoms with Crippen LogP contribution in [0.25, 0.3) is 6.08 Å². The Morgan fingerprint density at radius 1 is 1.29 bits per heavy atom. The van der Waals surface area contributed by atoms with Gasteiger partial charge in [-0.25, -0.2) is 18.1 Å². The van der Waals surface area contributed by atoms with E-state index in [4.69, 9.17) is 16.9 Å². The minimum Gasteiger partial charge on any atom is -0.269 e. The van der Waals surface area contributed by atoms with Crippen molar-refractivity contribution in [2.45, 2.75) is 5.75 Å². The average molecular weight is 362 g/mol. The number of rotatable bonds is 5. The molecule has 1 amide bonds. The van der Waals surface area contributed by atoms with Crippen molar-refractivity contribution < 1.29 is 13.2 Å². The lowest BCUT2D eigenvalue weighted by Crippen LogP contribution is -2.30. The van der Waals surface area contributed by atoms with Crippen molar-refractivity contribution in [3.05, 3.63) is 70.5 Å². The van der Waals surface area contributed by atoms with E-state index in [1.165, 1.54) is 24.4 Å². The van der Waals surface area contributed by atoms with Gasteiger partial charge in [0.2, 0.25) is 10.0 Å². The molecule has 122 valence electrons. The number of hydrogen-bond acceptors (Lipinski definition) is 5. The fourth-order valence-electron chi connectivity index (χ4n) is 1.84. The van der Waals surface area contributed by atoms with Crippen LogP contribution in [0.4, 0.5) is 0 Å². The second-order valence-corrected chi connectivity index (χ2v) is 6.86. The zero-order chi connectivity index (χ0) is 17.6. The van der Waals surface area contributed by atoms with Gasteiger partial charge in [0.1, 0.15) is 5.15 Å². The van der Waals surface area contributed by atoms with Crippen molar-refractivity contribution in [3.63, 3.8) is 0 Å². The average Bonchev–Trinajstić information content (AvgIpc) is 2.54. The third-order valence-corrected chi connectivity index (χ3v) is 4.35. The zero-order valence-electron chi connectivity index (χ0n) is 12.3. The quantitative estimate of drug-likeness (QED) is 0.650. The maximum Gasteiger partial charge on any atom is 0.257 e. The van der Waals surface area contributed by atoms with Gasteiger partial charge in [0.05, 0.1) is 17.4 Å². The molecular weight excluding hydrogens is 350 g/mol. The Labute approximate surface area is 144 Å². The number of amides is 1. The second kappa shape index (κ2) is 7.73. The molecule has 1 N–H and O–H groups in total. The molecule has 0 saturated heterocycles. The molecule has 0 radical (unpaired) electrons. The molecule has 0 saturated carbocycles. The molecule has 8 heteroatoms. The molecule has 1 aromatic carbocycles. The molecule has 2 aromatic rings. The molecule has 0 unspecified atom stereocenters. The van der Waals surface area contributed by atoms with Crippen molar-refractivity contribution in [1.29, 1.82) is 5.26 Å². The van der Waals surface area contributed by atoms with E-state index in [-0.39, 0.29) is 5.15 Å². The van der Waals surface area contributed by atoms with E-state index in [2.05, 4.69) is 4.98 Å². The molecule has 0 spiro atoms. The molecule has 0 aliphatic rings. The first kappa shape index (κ1) is 17.7. The van der Waals surface area contributed by atoms with E-state index in [9.17, 15) is 13.2 Å². The fourth-order valence-corrected chi connectivity index (χ4v) is 3.01. The van der Waals surface area contributed by atoms with E-state index in [1.54, 1.807) is 24.3 Å². The predicted octanol–water partition coefficient (Wildman–Crippen LogP) is 2.27. The van der Waals surface area contributed by atoms with Crippen molar-refractivity contribution >= 4 is 33.6 Å². The summed E-state index contributed by atoms with van der Waals surface area (Å²) in [7, 11) is -3.87. The van der Waals surface area contributed by atoms with Crippen molar-refractivity contribution in [1.82, 2.24) is 9.71 Å². The number of sulfonamides is 1. The Bertz CT molecular complexity index is 916. The molecule has 0 fully saturated rings. The lowest BCUT2D eigenvalue weighted by Gasteiger charge is -2.05. The number of benzene rings is 1. The number of halogens is 1. The summed E-state index contributed by atoms with van der Waals surface area (Å²) < 4.78 is 25.8. The Balaban J connectivity index is 2.04. The van der Waals surface area contributed by atoms with Crippen molar-refractivity contribution in [2.24, 2.45) is 0 Å². The highest BCUT2D eigenvalue weighted by molar-refractivity contribution is 7.89. The molecule has 0 atom stereocenters. The first-order valence-electron chi connectivity index (χ1n) is 6.72. The van der Waals surface area contributed by atoms with Gasteiger partial charge in [-0.05, 0) is 29.3 Å². The minimum atomic E-state index is -3.87. The minimum absolute atomic E-state index is 0.249. The molecule has 2 rings (SSSR count). The third-order valence-electron chi connectivity index (χ3n) is 2.90. The zero-order valence-corrected chi connectivity index (χ0v) is 13.9.